The van der Waals surface area contributed by atoms with Gasteiger partial charge in [0.15, 0.2) is 0 Å². The molecule has 1 unspecified atom stereocenters. The van der Waals surface area contributed by atoms with Gasteiger partial charge in [-0.1, -0.05) is 6.07 Å². The number of rotatable bonds is 3. The lowest BCUT2D eigenvalue weighted by Gasteiger charge is -2.32. The summed E-state index contributed by atoms with van der Waals surface area (Å²) in [5.74, 6) is 0. The first-order valence-corrected chi connectivity index (χ1v) is 5.14. The van der Waals surface area contributed by atoms with Crippen LogP contribution in [0.2, 0.25) is 0 Å². The standard InChI is InChI=1S/C11H14N3O/c15-9-14-5-4-13-8-11(14)6-10-2-1-3-12-7-10/h1-3,7,11,13H,4-6,8H2. The van der Waals surface area contributed by atoms with Crippen LogP contribution in [0.1, 0.15) is 5.56 Å². The molecule has 2 heterocycles. The number of hydrogen-bond acceptors (Lipinski definition) is 3. The summed E-state index contributed by atoms with van der Waals surface area (Å²) in [7, 11) is 0. The summed E-state index contributed by atoms with van der Waals surface area (Å²) < 4.78 is 0. The second-order valence-electron chi connectivity index (χ2n) is 3.71. The second-order valence-corrected chi connectivity index (χ2v) is 3.71. The third-order valence-electron chi connectivity index (χ3n) is 2.66. The van der Waals surface area contributed by atoms with Gasteiger partial charge in [-0.15, -0.1) is 0 Å². The first-order chi connectivity index (χ1) is 7.40. The maximum Gasteiger partial charge on any atom is 0.312 e. The summed E-state index contributed by atoms with van der Waals surface area (Å²) in [6.07, 6.45) is 6.44. The average Bonchev–Trinajstić information content (AvgIpc) is 2.31. The average molecular weight is 204 g/mol. The van der Waals surface area contributed by atoms with Crippen LogP contribution in [0.3, 0.4) is 0 Å². The van der Waals surface area contributed by atoms with Crippen LogP contribution < -0.4 is 5.32 Å². The fourth-order valence-electron chi connectivity index (χ4n) is 1.85. The number of pyridine rings is 1. The molecule has 1 aliphatic rings. The molecule has 79 valence electrons. The summed E-state index contributed by atoms with van der Waals surface area (Å²) in [4.78, 5) is 16.5. The van der Waals surface area contributed by atoms with Crippen molar-refractivity contribution in [2.75, 3.05) is 19.6 Å². The Morgan fingerprint density at radius 2 is 2.60 bits per heavy atom. The van der Waals surface area contributed by atoms with E-state index in [0.717, 1.165) is 31.6 Å². The van der Waals surface area contributed by atoms with Gasteiger partial charge in [0.25, 0.3) is 0 Å². The van der Waals surface area contributed by atoms with Crippen molar-refractivity contribution in [1.82, 2.24) is 15.2 Å². The minimum atomic E-state index is 0.209. The third-order valence-corrected chi connectivity index (χ3v) is 2.66. The molecule has 1 radical (unpaired) electrons. The van der Waals surface area contributed by atoms with Crippen LogP contribution in [0.15, 0.2) is 24.5 Å². The van der Waals surface area contributed by atoms with E-state index in [1.165, 1.54) is 0 Å². The monoisotopic (exact) mass is 204 g/mol. The van der Waals surface area contributed by atoms with Gasteiger partial charge in [-0.3, -0.25) is 9.78 Å². The number of amides is 1. The fraction of sp³-hybridized carbons (Fsp3) is 0.455. The highest BCUT2D eigenvalue weighted by molar-refractivity contribution is 5.49. The van der Waals surface area contributed by atoms with Crippen LogP contribution in [-0.4, -0.2) is 42.0 Å². The molecular weight excluding hydrogens is 190 g/mol. The predicted molar refractivity (Wildman–Crippen MR) is 57.0 cm³/mol. The molecule has 0 saturated carbocycles. The van der Waals surface area contributed by atoms with Gasteiger partial charge in [0.2, 0.25) is 0 Å². The predicted octanol–water partition coefficient (Wildman–Crippen LogP) is -0.0349. The molecule has 4 nitrogen and oxygen atoms in total. The van der Waals surface area contributed by atoms with Gasteiger partial charge in [-0.05, 0) is 18.1 Å². The Labute approximate surface area is 89.3 Å². The summed E-state index contributed by atoms with van der Waals surface area (Å²) in [5.41, 5.74) is 1.16. The molecule has 0 aliphatic carbocycles. The number of piperazine rings is 1. The summed E-state index contributed by atoms with van der Waals surface area (Å²) >= 11 is 0. The van der Waals surface area contributed by atoms with Crippen LogP contribution in [0.4, 0.5) is 0 Å². The highest BCUT2D eigenvalue weighted by Gasteiger charge is 2.21. The minimum Gasteiger partial charge on any atom is -0.329 e. The summed E-state index contributed by atoms with van der Waals surface area (Å²) in [5, 5.41) is 3.28. The van der Waals surface area contributed by atoms with Crippen molar-refractivity contribution in [3.8, 4) is 0 Å². The van der Waals surface area contributed by atoms with E-state index in [4.69, 9.17) is 0 Å². The molecule has 4 heteroatoms. The lowest BCUT2D eigenvalue weighted by atomic mass is 10.1. The molecule has 1 saturated heterocycles. The lowest BCUT2D eigenvalue weighted by Crippen LogP contribution is -2.51. The van der Waals surface area contributed by atoms with Gasteiger partial charge >= 0.3 is 6.41 Å². The van der Waals surface area contributed by atoms with Crippen molar-refractivity contribution in [1.29, 1.82) is 0 Å². The zero-order chi connectivity index (χ0) is 10.5. The Morgan fingerprint density at radius 3 is 3.33 bits per heavy atom. The van der Waals surface area contributed by atoms with E-state index in [1.54, 1.807) is 11.1 Å². The van der Waals surface area contributed by atoms with Crippen LogP contribution >= 0.6 is 0 Å². The van der Waals surface area contributed by atoms with Gasteiger partial charge in [0.1, 0.15) is 0 Å². The number of nitrogens with one attached hydrogen (secondary N) is 1. The number of nitrogens with zero attached hydrogens (tertiary/aromatic N) is 2. The largest absolute Gasteiger partial charge is 0.329 e. The van der Waals surface area contributed by atoms with Gasteiger partial charge in [-0.2, -0.15) is 0 Å². The zero-order valence-electron chi connectivity index (χ0n) is 8.52. The molecule has 2 rings (SSSR count). The summed E-state index contributed by atoms with van der Waals surface area (Å²) in [6, 6.07) is 4.16. The van der Waals surface area contributed by atoms with E-state index in [-0.39, 0.29) is 6.04 Å². The SMILES string of the molecule is O=[C]N1CCNCC1Cc1cccnc1. The first kappa shape index (κ1) is 10.1. The zero-order valence-corrected chi connectivity index (χ0v) is 8.52. The molecule has 1 atom stereocenters. The van der Waals surface area contributed by atoms with Gasteiger partial charge in [0, 0.05) is 38.1 Å². The maximum absolute atomic E-state index is 10.7. The van der Waals surface area contributed by atoms with Crippen molar-refractivity contribution < 1.29 is 4.79 Å². The van der Waals surface area contributed by atoms with Gasteiger partial charge < -0.3 is 10.2 Å². The Balaban J connectivity index is 2.00. The highest BCUT2D eigenvalue weighted by atomic mass is 16.1. The van der Waals surface area contributed by atoms with Crippen molar-refractivity contribution >= 4 is 6.41 Å². The van der Waals surface area contributed by atoms with Crippen LogP contribution in [0.25, 0.3) is 0 Å². The quantitative estimate of drug-likeness (QED) is 0.751. The van der Waals surface area contributed by atoms with E-state index in [2.05, 4.69) is 10.3 Å². The number of carbonyl (C=O) groups excluding carboxylic acids is 1. The molecule has 0 spiro atoms. The van der Waals surface area contributed by atoms with Crippen molar-refractivity contribution in [2.45, 2.75) is 12.5 Å². The molecule has 0 aromatic carbocycles. The van der Waals surface area contributed by atoms with E-state index < -0.39 is 0 Å². The Morgan fingerprint density at radius 1 is 1.67 bits per heavy atom. The first-order valence-electron chi connectivity index (χ1n) is 5.14. The molecule has 1 fully saturated rings. The fourth-order valence-corrected chi connectivity index (χ4v) is 1.85. The van der Waals surface area contributed by atoms with Crippen molar-refractivity contribution in [3.05, 3.63) is 30.1 Å². The third kappa shape index (κ3) is 2.53. The van der Waals surface area contributed by atoms with E-state index >= 15 is 0 Å². The normalized spacial score (nSPS) is 21.3. The Bertz CT molecular complexity index is 315. The Kier molecular flexibility index (Phi) is 3.29. The maximum atomic E-state index is 10.7. The molecule has 15 heavy (non-hydrogen) atoms. The van der Waals surface area contributed by atoms with Crippen LogP contribution in [-0.2, 0) is 11.2 Å². The molecule has 1 aromatic heterocycles. The minimum absolute atomic E-state index is 0.209. The highest BCUT2D eigenvalue weighted by Crippen LogP contribution is 2.08. The van der Waals surface area contributed by atoms with Gasteiger partial charge in [-0.25, -0.2) is 0 Å². The second kappa shape index (κ2) is 4.89. The molecule has 0 bridgehead atoms. The van der Waals surface area contributed by atoms with Crippen LogP contribution in [0.5, 0.6) is 0 Å². The van der Waals surface area contributed by atoms with Crippen LogP contribution in [0, 0.1) is 0 Å². The number of aromatic nitrogens is 1. The topological polar surface area (TPSA) is 45.2 Å². The molecule has 1 aliphatic heterocycles. The lowest BCUT2D eigenvalue weighted by molar-refractivity contribution is 0.244. The molecule has 1 aromatic rings. The van der Waals surface area contributed by atoms with E-state index in [1.807, 2.05) is 24.7 Å². The molecule has 1 amide bonds. The van der Waals surface area contributed by atoms with Crippen molar-refractivity contribution in [3.63, 3.8) is 0 Å². The molecular formula is C11H14N3O. The van der Waals surface area contributed by atoms with E-state index in [0.29, 0.717) is 0 Å². The smallest absolute Gasteiger partial charge is 0.312 e. The van der Waals surface area contributed by atoms with Gasteiger partial charge in [0.05, 0.1) is 0 Å². The molecule has 1 N–H and O–H groups in total. The Hall–Kier alpha value is -1.42. The summed E-state index contributed by atoms with van der Waals surface area (Å²) in [6.45, 7) is 2.44. The van der Waals surface area contributed by atoms with E-state index in [9.17, 15) is 4.79 Å². The number of hydrogen-bond donors (Lipinski definition) is 1. The van der Waals surface area contributed by atoms with Crippen molar-refractivity contribution in [2.24, 2.45) is 0 Å².